The lowest BCUT2D eigenvalue weighted by molar-refractivity contribution is -0.383. The van der Waals surface area contributed by atoms with Gasteiger partial charge in [0.1, 0.15) is 6.54 Å². The van der Waals surface area contributed by atoms with Gasteiger partial charge in [-0.1, -0.05) is 13.0 Å². The van der Waals surface area contributed by atoms with Crippen LogP contribution in [-0.2, 0) is 13.0 Å². The Balaban J connectivity index is 2.00. The van der Waals surface area contributed by atoms with E-state index in [0.717, 1.165) is 5.52 Å². The van der Waals surface area contributed by atoms with Crippen LogP contribution in [0.4, 0.5) is 5.69 Å². The number of aryl methyl sites for hydroxylation is 1. The number of nitro benzene ring substituents is 1. The third-order valence-corrected chi connectivity index (χ3v) is 3.10. The van der Waals surface area contributed by atoms with E-state index in [2.05, 4.69) is 10.2 Å². The molecule has 1 aromatic carbocycles. The van der Waals surface area contributed by atoms with Crippen LogP contribution >= 0.6 is 0 Å². The van der Waals surface area contributed by atoms with E-state index in [4.69, 9.17) is 4.42 Å². The Morgan fingerprint density at radius 2 is 2.10 bits per heavy atom. The Morgan fingerprint density at radius 3 is 2.80 bits per heavy atom. The predicted molar refractivity (Wildman–Crippen MR) is 71.4 cm³/mol. The van der Waals surface area contributed by atoms with Crippen molar-refractivity contribution in [3.8, 4) is 0 Å². The molecule has 0 atom stereocenters. The molecule has 20 heavy (non-hydrogen) atoms. The number of benzene rings is 1. The first-order valence-corrected chi connectivity index (χ1v) is 6.22. The minimum absolute atomic E-state index is 0.0982. The molecular formula is C13H12N4O3. The van der Waals surface area contributed by atoms with E-state index in [-0.39, 0.29) is 10.6 Å². The van der Waals surface area contributed by atoms with E-state index < -0.39 is 0 Å². The quantitative estimate of drug-likeness (QED) is 0.538. The minimum atomic E-state index is -0.380. The van der Waals surface area contributed by atoms with Crippen LogP contribution in [0.5, 0.6) is 0 Å². The molecule has 0 unspecified atom stereocenters. The SMILES string of the molecule is CCc1nnc(Cn2ccc3c([N+](=O)[O-])cccc32)o1. The normalized spacial score (nSPS) is 11.1. The van der Waals surface area contributed by atoms with Gasteiger partial charge in [-0.3, -0.25) is 10.1 Å². The second-order valence-electron chi connectivity index (χ2n) is 4.35. The fraction of sp³-hybridized carbons (Fsp3) is 0.231. The number of nitro groups is 1. The first-order chi connectivity index (χ1) is 9.69. The molecule has 0 N–H and O–H groups in total. The van der Waals surface area contributed by atoms with Crippen LogP contribution in [0, 0.1) is 10.1 Å². The summed E-state index contributed by atoms with van der Waals surface area (Å²) >= 11 is 0. The molecule has 0 aliphatic heterocycles. The number of hydrogen-bond acceptors (Lipinski definition) is 5. The van der Waals surface area contributed by atoms with Crippen molar-refractivity contribution in [1.29, 1.82) is 0 Å². The van der Waals surface area contributed by atoms with Gasteiger partial charge in [-0.15, -0.1) is 10.2 Å². The van der Waals surface area contributed by atoms with Gasteiger partial charge in [0.2, 0.25) is 11.8 Å². The maximum atomic E-state index is 11.0. The Kier molecular flexibility index (Phi) is 2.94. The highest BCUT2D eigenvalue weighted by atomic mass is 16.6. The van der Waals surface area contributed by atoms with Crippen molar-refractivity contribution < 1.29 is 9.34 Å². The van der Waals surface area contributed by atoms with Crippen molar-refractivity contribution >= 4 is 16.6 Å². The maximum absolute atomic E-state index is 11.0. The number of rotatable bonds is 4. The molecule has 7 nitrogen and oxygen atoms in total. The molecule has 2 heterocycles. The Labute approximate surface area is 114 Å². The summed E-state index contributed by atoms with van der Waals surface area (Å²) in [5, 5.41) is 19.4. The van der Waals surface area contributed by atoms with E-state index in [1.165, 1.54) is 6.07 Å². The zero-order valence-electron chi connectivity index (χ0n) is 10.8. The lowest BCUT2D eigenvalue weighted by Crippen LogP contribution is -1.98. The fourth-order valence-electron chi connectivity index (χ4n) is 2.15. The van der Waals surface area contributed by atoms with Gasteiger partial charge in [0, 0.05) is 18.7 Å². The molecule has 0 radical (unpaired) electrons. The van der Waals surface area contributed by atoms with E-state index in [9.17, 15) is 10.1 Å². The summed E-state index contributed by atoms with van der Waals surface area (Å²) in [6.45, 7) is 2.34. The third-order valence-electron chi connectivity index (χ3n) is 3.10. The lowest BCUT2D eigenvalue weighted by atomic mass is 10.2. The summed E-state index contributed by atoms with van der Waals surface area (Å²) in [5.41, 5.74) is 0.872. The van der Waals surface area contributed by atoms with Crippen LogP contribution in [0.25, 0.3) is 10.9 Å². The van der Waals surface area contributed by atoms with Crippen LogP contribution in [-0.4, -0.2) is 19.7 Å². The van der Waals surface area contributed by atoms with Crippen LogP contribution < -0.4 is 0 Å². The van der Waals surface area contributed by atoms with Gasteiger partial charge in [-0.25, -0.2) is 0 Å². The third kappa shape index (κ3) is 2.03. The van der Waals surface area contributed by atoms with Gasteiger partial charge in [0.25, 0.3) is 5.69 Å². The van der Waals surface area contributed by atoms with Gasteiger partial charge in [0.05, 0.1) is 15.8 Å². The van der Waals surface area contributed by atoms with Crippen molar-refractivity contribution in [2.24, 2.45) is 0 Å². The van der Waals surface area contributed by atoms with Crippen molar-refractivity contribution in [3.63, 3.8) is 0 Å². The summed E-state index contributed by atoms with van der Waals surface area (Å²) in [6.07, 6.45) is 2.47. The monoisotopic (exact) mass is 272 g/mol. The Bertz CT molecular complexity index is 775. The fourth-order valence-corrected chi connectivity index (χ4v) is 2.15. The Morgan fingerprint density at radius 1 is 1.30 bits per heavy atom. The molecule has 0 spiro atoms. The number of nitrogens with zero attached hydrogens (tertiary/aromatic N) is 4. The molecule has 0 bridgehead atoms. The molecule has 3 rings (SSSR count). The molecular weight excluding hydrogens is 260 g/mol. The van der Waals surface area contributed by atoms with E-state index in [1.807, 2.05) is 17.6 Å². The summed E-state index contributed by atoms with van der Waals surface area (Å²) in [4.78, 5) is 10.6. The van der Waals surface area contributed by atoms with Gasteiger partial charge >= 0.3 is 0 Å². The molecule has 0 aliphatic rings. The van der Waals surface area contributed by atoms with Crippen molar-refractivity contribution in [2.75, 3.05) is 0 Å². The van der Waals surface area contributed by atoms with Gasteiger partial charge < -0.3 is 8.98 Å². The average Bonchev–Trinajstić information content (AvgIpc) is 3.06. The summed E-state index contributed by atoms with van der Waals surface area (Å²) < 4.78 is 7.31. The summed E-state index contributed by atoms with van der Waals surface area (Å²) in [6, 6.07) is 6.72. The lowest BCUT2D eigenvalue weighted by Gasteiger charge is -2.01. The molecule has 3 aromatic rings. The van der Waals surface area contributed by atoms with Crippen molar-refractivity contribution in [3.05, 3.63) is 52.4 Å². The highest BCUT2D eigenvalue weighted by molar-refractivity contribution is 5.89. The minimum Gasteiger partial charge on any atom is -0.423 e. The maximum Gasteiger partial charge on any atom is 0.278 e. The van der Waals surface area contributed by atoms with Gasteiger partial charge in [-0.05, 0) is 12.1 Å². The molecule has 0 saturated carbocycles. The van der Waals surface area contributed by atoms with E-state index >= 15 is 0 Å². The van der Waals surface area contributed by atoms with E-state index in [0.29, 0.717) is 30.1 Å². The average molecular weight is 272 g/mol. The second kappa shape index (κ2) is 4.76. The number of non-ortho nitro benzene ring substituents is 1. The van der Waals surface area contributed by atoms with E-state index in [1.54, 1.807) is 18.3 Å². The van der Waals surface area contributed by atoms with Gasteiger partial charge in [0.15, 0.2) is 0 Å². The van der Waals surface area contributed by atoms with Crippen LogP contribution in [0.3, 0.4) is 0 Å². The summed E-state index contributed by atoms with van der Waals surface area (Å²) in [5.74, 6) is 1.08. The first-order valence-electron chi connectivity index (χ1n) is 6.22. The molecule has 0 fully saturated rings. The summed E-state index contributed by atoms with van der Waals surface area (Å²) in [7, 11) is 0. The standard InChI is InChI=1S/C13H12N4O3/c1-2-12-14-15-13(20-12)8-16-7-6-9-10(16)4-3-5-11(9)17(18)19/h3-7H,2,8H2,1H3. The van der Waals surface area contributed by atoms with Gasteiger partial charge in [-0.2, -0.15) is 0 Å². The zero-order chi connectivity index (χ0) is 14.1. The zero-order valence-corrected chi connectivity index (χ0v) is 10.8. The van der Waals surface area contributed by atoms with Crippen LogP contribution in [0.2, 0.25) is 0 Å². The number of aromatic nitrogens is 3. The number of fused-ring (bicyclic) bond motifs is 1. The Hall–Kier alpha value is -2.70. The first kappa shape index (κ1) is 12.3. The molecule has 0 amide bonds. The van der Waals surface area contributed by atoms with Crippen LogP contribution in [0.15, 0.2) is 34.9 Å². The van der Waals surface area contributed by atoms with Crippen LogP contribution in [0.1, 0.15) is 18.7 Å². The topological polar surface area (TPSA) is 87.0 Å². The highest BCUT2D eigenvalue weighted by Crippen LogP contribution is 2.26. The second-order valence-corrected chi connectivity index (χ2v) is 4.35. The predicted octanol–water partition coefficient (Wildman–Crippen LogP) is 2.54. The molecule has 0 aliphatic carbocycles. The smallest absolute Gasteiger partial charge is 0.278 e. The van der Waals surface area contributed by atoms with Crippen molar-refractivity contribution in [1.82, 2.24) is 14.8 Å². The molecule has 7 heteroatoms. The van der Waals surface area contributed by atoms with Crippen molar-refractivity contribution in [2.45, 2.75) is 19.9 Å². The number of hydrogen-bond donors (Lipinski definition) is 0. The molecule has 102 valence electrons. The largest absolute Gasteiger partial charge is 0.423 e. The molecule has 2 aromatic heterocycles. The molecule has 0 saturated heterocycles. The highest BCUT2D eigenvalue weighted by Gasteiger charge is 2.14.